The van der Waals surface area contributed by atoms with Gasteiger partial charge in [0.15, 0.2) is 0 Å². The molecule has 0 bridgehead atoms. The quantitative estimate of drug-likeness (QED) is 0.312. The first-order valence-electron chi connectivity index (χ1n) is 12.6. The first-order chi connectivity index (χ1) is 17.2. The molecule has 0 spiro atoms. The first-order valence-corrected chi connectivity index (χ1v) is 16.3. The van der Waals surface area contributed by atoms with Crippen molar-refractivity contribution in [2.45, 2.75) is 50.7 Å². The highest BCUT2D eigenvalue weighted by Crippen LogP contribution is 2.33. The van der Waals surface area contributed by atoms with Crippen molar-refractivity contribution in [3.05, 3.63) is 77.6 Å². The van der Waals surface area contributed by atoms with Crippen LogP contribution >= 0.6 is 0 Å². The summed E-state index contributed by atoms with van der Waals surface area (Å²) < 4.78 is 31.3. The number of benzene rings is 3. The summed E-state index contributed by atoms with van der Waals surface area (Å²) in [5.41, 5.74) is 2.02. The summed E-state index contributed by atoms with van der Waals surface area (Å²) in [4.78, 5) is 14.6. The van der Waals surface area contributed by atoms with Gasteiger partial charge in [-0.25, -0.2) is 9.18 Å². The summed E-state index contributed by atoms with van der Waals surface area (Å²) in [5.74, 6) is 0.597. The minimum absolute atomic E-state index is 0.0546. The minimum Gasteiger partial charge on any atom is -0.496 e. The Hall–Kier alpha value is -2.90. The van der Waals surface area contributed by atoms with Crippen molar-refractivity contribution in [2.24, 2.45) is 0 Å². The van der Waals surface area contributed by atoms with Gasteiger partial charge in [0.1, 0.15) is 11.6 Å². The molecular formula is C29H36FNO4Si. The van der Waals surface area contributed by atoms with Crippen LogP contribution in [0.15, 0.2) is 60.7 Å². The number of methoxy groups -OCH3 is 1. The van der Waals surface area contributed by atoms with Crippen LogP contribution < -0.4 is 4.74 Å². The second-order valence-corrected chi connectivity index (χ2v) is 16.3. The van der Waals surface area contributed by atoms with Crippen LogP contribution in [0.25, 0.3) is 10.8 Å². The zero-order valence-electron chi connectivity index (χ0n) is 21.6. The predicted octanol–water partition coefficient (Wildman–Crippen LogP) is 6.84. The molecule has 1 aliphatic rings. The van der Waals surface area contributed by atoms with Gasteiger partial charge in [0.05, 0.1) is 33.0 Å². The second-order valence-electron chi connectivity index (χ2n) is 10.7. The molecule has 2 atom stereocenters. The van der Waals surface area contributed by atoms with E-state index >= 15 is 0 Å². The first kappa shape index (κ1) is 26.2. The molecule has 0 N–H and O–H groups in total. The monoisotopic (exact) mass is 509 g/mol. The fourth-order valence-corrected chi connectivity index (χ4v) is 5.38. The molecule has 3 aromatic carbocycles. The Morgan fingerprint density at radius 2 is 1.83 bits per heavy atom. The third-order valence-electron chi connectivity index (χ3n) is 6.76. The molecule has 0 aromatic heterocycles. The molecule has 1 amide bonds. The Morgan fingerprint density at radius 1 is 1.08 bits per heavy atom. The molecule has 0 aliphatic carbocycles. The summed E-state index contributed by atoms with van der Waals surface area (Å²) >= 11 is 0. The summed E-state index contributed by atoms with van der Waals surface area (Å²) in [5, 5.41) is 2.14. The Bertz CT molecular complexity index is 1180. The standard InChI is InChI=1S/C29H36FNO4Si/c1-33-27-18-21(17-23-7-5-6-8-25(23)27)20-35-28-19-31(29(32)34-15-16-36(2,3)4)14-13-26(28)22-9-11-24(30)12-10-22/h5-12,17-18,26,28H,13-16,19-20H2,1-4H3. The highest BCUT2D eigenvalue weighted by Gasteiger charge is 2.34. The maximum Gasteiger partial charge on any atom is 0.409 e. The topological polar surface area (TPSA) is 48.0 Å². The molecule has 7 heteroatoms. The number of likely N-dealkylation sites (tertiary alicyclic amines) is 1. The maximum atomic E-state index is 13.6. The maximum absolute atomic E-state index is 13.6. The van der Waals surface area contributed by atoms with Crippen molar-refractivity contribution in [3.63, 3.8) is 0 Å². The number of amides is 1. The molecule has 5 nitrogen and oxygen atoms in total. The molecule has 0 radical (unpaired) electrons. The zero-order chi connectivity index (χ0) is 25.7. The molecule has 192 valence electrons. The van der Waals surface area contributed by atoms with Crippen molar-refractivity contribution in [2.75, 3.05) is 26.8 Å². The van der Waals surface area contributed by atoms with Crippen LogP contribution in [0.5, 0.6) is 5.75 Å². The van der Waals surface area contributed by atoms with E-state index in [1.807, 2.05) is 36.4 Å². The molecule has 1 fully saturated rings. The Kier molecular flexibility index (Phi) is 8.31. The molecule has 1 aliphatic heterocycles. The Labute approximate surface area is 214 Å². The number of carbonyl (C=O) groups is 1. The third kappa shape index (κ3) is 6.65. The van der Waals surface area contributed by atoms with Crippen molar-refractivity contribution in [1.29, 1.82) is 0 Å². The van der Waals surface area contributed by atoms with Crippen LogP contribution in [0.1, 0.15) is 23.5 Å². The number of ether oxygens (including phenoxy) is 3. The smallest absolute Gasteiger partial charge is 0.409 e. The van der Waals surface area contributed by atoms with Crippen molar-refractivity contribution in [3.8, 4) is 5.75 Å². The van der Waals surface area contributed by atoms with E-state index in [2.05, 4.69) is 31.8 Å². The average molecular weight is 510 g/mol. The van der Waals surface area contributed by atoms with E-state index in [1.165, 1.54) is 12.1 Å². The summed E-state index contributed by atoms with van der Waals surface area (Å²) in [6, 6.07) is 19.7. The fourth-order valence-electron chi connectivity index (χ4n) is 4.67. The summed E-state index contributed by atoms with van der Waals surface area (Å²) in [7, 11) is 0.385. The van der Waals surface area contributed by atoms with E-state index in [9.17, 15) is 9.18 Å². The van der Waals surface area contributed by atoms with Crippen LogP contribution in [0, 0.1) is 5.82 Å². The summed E-state index contributed by atoms with van der Waals surface area (Å²) in [6.07, 6.45) is 0.193. The van der Waals surface area contributed by atoms with Gasteiger partial charge in [-0.1, -0.05) is 56.0 Å². The zero-order valence-corrected chi connectivity index (χ0v) is 22.6. The Balaban J connectivity index is 1.50. The second kappa shape index (κ2) is 11.4. The molecular weight excluding hydrogens is 473 g/mol. The highest BCUT2D eigenvalue weighted by atomic mass is 28.3. The van der Waals surface area contributed by atoms with E-state index in [0.717, 1.165) is 40.1 Å². The van der Waals surface area contributed by atoms with Gasteiger partial charge in [-0.05, 0) is 53.2 Å². The number of fused-ring (bicyclic) bond motifs is 1. The van der Waals surface area contributed by atoms with Crippen LogP contribution in [0.3, 0.4) is 0 Å². The van der Waals surface area contributed by atoms with Gasteiger partial charge < -0.3 is 19.1 Å². The lowest BCUT2D eigenvalue weighted by molar-refractivity contribution is -0.0234. The van der Waals surface area contributed by atoms with Crippen LogP contribution in [0.4, 0.5) is 9.18 Å². The van der Waals surface area contributed by atoms with E-state index in [1.54, 1.807) is 12.0 Å². The largest absolute Gasteiger partial charge is 0.496 e. The van der Waals surface area contributed by atoms with E-state index in [-0.39, 0.29) is 23.9 Å². The molecule has 3 aromatic rings. The van der Waals surface area contributed by atoms with E-state index < -0.39 is 8.07 Å². The van der Waals surface area contributed by atoms with E-state index in [0.29, 0.717) is 26.3 Å². The normalized spacial score (nSPS) is 18.3. The highest BCUT2D eigenvalue weighted by molar-refractivity contribution is 6.76. The van der Waals surface area contributed by atoms with Gasteiger partial charge in [0.25, 0.3) is 0 Å². The SMILES string of the molecule is COc1cc(COC2CN(C(=O)OCC[Si](C)(C)C)CCC2c2ccc(F)cc2)cc2ccccc12. The number of piperidine rings is 1. The molecule has 0 saturated carbocycles. The number of nitrogens with zero attached hydrogens (tertiary/aromatic N) is 1. The number of rotatable bonds is 8. The predicted molar refractivity (Wildman–Crippen MR) is 144 cm³/mol. The Morgan fingerprint density at radius 3 is 2.56 bits per heavy atom. The number of hydrogen-bond donors (Lipinski definition) is 0. The molecule has 1 heterocycles. The van der Waals surface area contributed by atoms with Gasteiger partial charge in [-0.15, -0.1) is 0 Å². The number of halogens is 1. The number of hydrogen-bond acceptors (Lipinski definition) is 4. The minimum atomic E-state index is -1.29. The number of carbonyl (C=O) groups excluding carboxylic acids is 1. The molecule has 2 unspecified atom stereocenters. The lowest BCUT2D eigenvalue weighted by atomic mass is 9.87. The van der Waals surface area contributed by atoms with Crippen LogP contribution in [0.2, 0.25) is 25.7 Å². The molecule has 36 heavy (non-hydrogen) atoms. The van der Waals surface area contributed by atoms with Crippen LogP contribution in [-0.2, 0) is 16.1 Å². The average Bonchev–Trinajstić information content (AvgIpc) is 2.86. The fraction of sp³-hybridized carbons (Fsp3) is 0.414. The van der Waals surface area contributed by atoms with E-state index in [4.69, 9.17) is 14.2 Å². The van der Waals surface area contributed by atoms with Crippen molar-refractivity contribution in [1.82, 2.24) is 4.90 Å². The molecule has 4 rings (SSSR count). The van der Waals surface area contributed by atoms with Gasteiger partial charge in [-0.3, -0.25) is 0 Å². The van der Waals surface area contributed by atoms with Crippen molar-refractivity contribution >= 4 is 24.9 Å². The third-order valence-corrected chi connectivity index (χ3v) is 8.46. The van der Waals surface area contributed by atoms with Gasteiger partial charge >= 0.3 is 6.09 Å². The van der Waals surface area contributed by atoms with Gasteiger partial charge in [0.2, 0.25) is 0 Å². The summed E-state index contributed by atoms with van der Waals surface area (Å²) in [6.45, 7) is 8.63. The van der Waals surface area contributed by atoms with Gasteiger partial charge in [0, 0.05) is 25.9 Å². The van der Waals surface area contributed by atoms with Crippen molar-refractivity contribution < 1.29 is 23.4 Å². The van der Waals surface area contributed by atoms with Gasteiger partial charge in [-0.2, -0.15) is 0 Å². The molecule has 1 saturated heterocycles. The lowest BCUT2D eigenvalue weighted by Gasteiger charge is -2.38. The van der Waals surface area contributed by atoms with Crippen LogP contribution in [-0.4, -0.2) is 52.0 Å². The lowest BCUT2D eigenvalue weighted by Crippen LogP contribution is -2.47.